The monoisotopic (exact) mass is 390 g/mol. The number of aryl methyl sites for hydroxylation is 1. The highest BCUT2D eigenvalue weighted by atomic mass is 32.2. The molecule has 0 atom stereocenters. The molecule has 3 aromatic rings. The Balaban J connectivity index is 1.54. The number of hydrogen-bond donors (Lipinski definition) is 2. The number of amides is 2. The molecule has 0 bridgehead atoms. The zero-order valence-corrected chi connectivity index (χ0v) is 15.6. The summed E-state index contributed by atoms with van der Waals surface area (Å²) in [5.41, 5.74) is 0.698. The average Bonchev–Trinajstić information content (AvgIpc) is 3.25. The molecule has 6 nitrogen and oxygen atoms in total. The van der Waals surface area contributed by atoms with Crippen molar-refractivity contribution in [3.8, 4) is 0 Å². The second-order valence-corrected chi connectivity index (χ2v) is 8.10. The summed E-state index contributed by atoms with van der Waals surface area (Å²) in [6, 6.07) is 11.0. The van der Waals surface area contributed by atoms with Crippen molar-refractivity contribution in [3.05, 3.63) is 51.7 Å². The normalized spacial score (nSPS) is 10.4. The number of carbonyl (C=O) groups excluding carboxylic acids is 2. The molecule has 2 amide bonds. The number of benzene rings is 1. The second-order valence-electron chi connectivity index (χ2n) is 4.92. The van der Waals surface area contributed by atoms with Crippen LogP contribution < -0.4 is 10.6 Å². The molecule has 0 aliphatic carbocycles. The minimum Gasteiger partial charge on any atom is -0.321 e. The van der Waals surface area contributed by atoms with Gasteiger partial charge >= 0.3 is 0 Å². The number of thiophene rings is 1. The Hall–Kier alpha value is -2.23. The largest absolute Gasteiger partial charge is 0.321 e. The number of anilines is 2. The standard InChI is InChI=1S/C16H14N4O2S3/c1-10-19-20-16(25-10)18-14(21)9-24-12-5-2-4-11(8-12)17-15(22)13-6-3-7-23-13/h2-8H,9H2,1H3,(H,17,22)(H,18,20,21). The lowest BCUT2D eigenvalue weighted by atomic mass is 10.3. The van der Waals surface area contributed by atoms with Gasteiger partial charge in [-0.3, -0.25) is 14.9 Å². The molecule has 0 fully saturated rings. The smallest absolute Gasteiger partial charge is 0.265 e. The third-order valence-corrected chi connectivity index (χ3v) is 5.60. The second kappa shape index (κ2) is 8.24. The highest BCUT2D eigenvalue weighted by Crippen LogP contribution is 2.23. The van der Waals surface area contributed by atoms with Crippen LogP contribution in [-0.2, 0) is 4.79 Å². The fourth-order valence-corrected chi connectivity index (χ4v) is 3.90. The first-order valence-corrected chi connectivity index (χ1v) is 9.96. The van der Waals surface area contributed by atoms with E-state index in [1.165, 1.54) is 34.4 Å². The van der Waals surface area contributed by atoms with E-state index in [9.17, 15) is 9.59 Å². The predicted molar refractivity (Wildman–Crippen MR) is 103 cm³/mol. The first kappa shape index (κ1) is 17.6. The molecule has 0 saturated carbocycles. The van der Waals surface area contributed by atoms with Crippen LogP contribution in [0.5, 0.6) is 0 Å². The lowest BCUT2D eigenvalue weighted by Gasteiger charge is -2.06. The van der Waals surface area contributed by atoms with Gasteiger partial charge in [-0.15, -0.1) is 33.3 Å². The van der Waals surface area contributed by atoms with Gasteiger partial charge in [0.2, 0.25) is 11.0 Å². The van der Waals surface area contributed by atoms with Gasteiger partial charge in [0.1, 0.15) is 5.01 Å². The van der Waals surface area contributed by atoms with E-state index in [2.05, 4.69) is 20.8 Å². The first-order chi connectivity index (χ1) is 12.1. The molecule has 0 unspecified atom stereocenters. The van der Waals surface area contributed by atoms with Crippen LogP contribution in [0, 0.1) is 6.92 Å². The quantitative estimate of drug-likeness (QED) is 0.624. The highest BCUT2D eigenvalue weighted by Gasteiger charge is 2.09. The highest BCUT2D eigenvalue weighted by molar-refractivity contribution is 8.00. The van der Waals surface area contributed by atoms with Crippen molar-refractivity contribution < 1.29 is 9.59 Å². The van der Waals surface area contributed by atoms with Gasteiger partial charge < -0.3 is 5.32 Å². The van der Waals surface area contributed by atoms with E-state index < -0.39 is 0 Å². The third kappa shape index (κ3) is 5.12. The van der Waals surface area contributed by atoms with E-state index in [4.69, 9.17) is 0 Å². The van der Waals surface area contributed by atoms with Gasteiger partial charge in [-0.2, -0.15) is 0 Å². The van der Waals surface area contributed by atoms with Crippen molar-refractivity contribution in [2.24, 2.45) is 0 Å². The number of nitrogens with one attached hydrogen (secondary N) is 2. The average molecular weight is 391 g/mol. The van der Waals surface area contributed by atoms with Crippen molar-refractivity contribution in [1.29, 1.82) is 0 Å². The van der Waals surface area contributed by atoms with Gasteiger partial charge in [0, 0.05) is 10.6 Å². The SMILES string of the molecule is Cc1nnc(NC(=O)CSc2cccc(NC(=O)c3cccs3)c2)s1. The lowest BCUT2D eigenvalue weighted by Crippen LogP contribution is -2.14. The Morgan fingerprint density at radius 1 is 1.16 bits per heavy atom. The molecule has 1 aromatic carbocycles. The van der Waals surface area contributed by atoms with E-state index in [-0.39, 0.29) is 17.6 Å². The van der Waals surface area contributed by atoms with Crippen molar-refractivity contribution >= 4 is 57.1 Å². The molecule has 25 heavy (non-hydrogen) atoms. The number of carbonyl (C=O) groups is 2. The summed E-state index contributed by atoms with van der Waals surface area (Å²) in [7, 11) is 0. The Kier molecular flexibility index (Phi) is 5.79. The van der Waals surface area contributed by atoms with Crippen LogP contribution in [0.4, 0.5) is 10.8 Å². The van der Waals surface area contributed by atoms with Gasteiger partial charge in [0.05, 0.1) is 10.6 Å². The molecule has 3 rings (SSSR count). The van der Waals surface area contributed by atoms with E-state index >= 15 is 0 Å². The number of thioether (sulfide) groups is 1. The Labute approximate surface area is 156 Å². The van der Waals surface area contributed by atoms with E-state index in [0.717, 1.165) is 9.90 Å². The van der Waals surface area contributed by atoms with Crippen LogP contribution in [0.15, 0.2) is 46.7 Å². The number of hydrogen-bond acceptors (Lipinski definition) is 7. The Morgan fingerprint density at radius 3 is 2.76 bits per heavy atom. The maximum Gasteiger partial charge on any atom is 0.265 e. The summed E-state index contributed by atoms with van der Waals surface area (Å²) in [5, 5.41) is 16.5. The van der Waals surface area contributed by atoms with Gasteiger partial charge in [-0.05, 0) is 36.6 Å². The molecule has 0 spiro atoms. The molecular formula is C16H14N4O2S3. The molecule has 2 heterocycles. The Bertz CT molecular complexity index is 877. The third-order valence-electron chi connectivity index (χ3n) is 2.98. The van der Waals surface area contributed by atoms with Gasteiger partial charge in [-0.1, -0.05) is 23.5 Å². The first-order valence-electron chi connectivity index (χ1n) is 7.28. The molecule has 128 valence electrons. The lowest BCUT2D eigenvalue weighted by molar-refractivity contribution is -0.113. The van der Waals surface area contributed by atoms with Crippen molar-refractivity contribution in [2.75, 3.05) is 16.4 Å². The maximum atomic E-state index is 12.1. The molecule has 2 N–H and O–H groups in total. The summed E-state index contributed by atoms with van der Waals surface area (Å²) in [6.07, 6.45) is 0. The minimum atomic E-state index is -0.144. The summed E-state index contributed by atoms with van der Waals surface area (Å²) in [6.45, 7) is 1.83. The summed E-state index contributed by atoms with van der Waals surface area (Å²) in [4.78, 5) is 25.6. The Morgan fingerprint density at radius 2 is 2.04 bits per heavy atom. The molecule has 9 heteroatoms. The van der Waals surface area contributed by atoms with Crippen LogP contribution in [0.1, 0.15) is 14.7 Å². The number of aromatic nitrogens is 2. The van der Waals surface area contributed by atoms with Crippen LogP contribution in [0.2, 0.25) is 0 Å². The van der Waals surface area contributed by atoms with Gasteiger partial charge in [0.25, 0.3) is 5.91 Å². The van der Waals surface area contributed by atoms with E-state index in [1.54, 1.807) is 6.07 Å². The number of nitrogens with zero attached hydrogens (tertiary/aromatic N) is 2. The molecule has 2 aromatic heterocycles. The topological polar surface area (TPSA) is 84.0 Å². The molecule has 0 saturated heterocycles. The van der Waals surface area contributed by atoms with Gasteiger partial charge in [0.15, 0.2) is 0 Å². The fraction of sp³-hybridized carbons (Fsp3) is 0.125. The molecular weight excluding hydrogens is 376 g/mol. The fourth-order valence-electron chi connectivity index (χ4n) is 1.92. The maximum absolute atomic E-state index is 12.1. The van der Waals surface area contributed by atoms with Crippen LogP contribution >= 0.6 is 34.4 Å². The summed E-state index contributed by atoms with van der Waals surface area (Å²) < 4.78 is 0. The zero-order valence-electron chi connectivity index (χ0n) is 13.2. The van der Waals surface area contributed by atoms with Crippen molar-refractivity contribution in [1.82, 2.24) is 10.2 Å². The van der Waals surface area contributed by atoms with Crippen LogP contribution in [-0.4, -0.2) is 27.8 Å². The van der Waals surface area contributed by atoms with Crippen LogP contribution in [0.25, 0.3) is 0 Å². The van der Waals surface area contributed by atoms with Crippen molar-refractivity contribution in [2.45, 2.75) is 11.8 Å². The van der Waals surface area contributed by atoms with E-state index in [1.807, 2.05) is 42.6 Å². The van der Waals surface area contributed by atoms with Crippen molar-refractivity contribution in [3.63, 3.8) is 0 Å². The van der Waals surface area contributed by atoms with Gasteiger partial charge in [-0.25, -0.2) is 0 Å². The summed E-state index contributed by atoms with van der Waals surface area (Å²) in [5.74, 6) is -0.0308. The van der Waals surface area contributed by atoms with E-state index in [0.29, 0.717) is 15.7 Å². The predicted octanol–water partition coefficient (Wildman–Crippen LogP) is 3.89. The number of rotatable bonds is 6. The van der Waals surface area contributed by atoms with Crippen LogP contribution in [0.3, 0.4) is 0 Å². The zero-order chi connectivity index (χ0) is 17.6. The molecule has 0 aliphatic heterocycles. The molecule has 0 radical (unpaired) electrons. The summed E-state index contributed by atoms with van der Waals surface area (Å²) >= 11 is 4.12. The minimum absolute atomic E-state index is 0.137. The molecule has 0 aliphatic rings.